The van der Waals surface area contributed by atoms with Crippen LogP contribution in [0.2, 0.25) is 0 Å². The molecule has 0 fully saturated rings. The van der Waals surface area contributed by atoms with Crippen LogP contribution in [-0.4, -0.2) is 34.2 Å². The van der Waals surface area contributed by atoms with Gasteiger partial charge < -0.3 is 21.4 Å². The van der Waals surface area contributed by atoms with Crippen molar-refractivity contribution in [2.24, 2.45) is 0 Å². The first-order valence-electron chi connectivity index (χ1n) is 8.60. The van der Waals surface area contributed by atoms with E-state index in [1.807, 2.05) is 22.6 Å². The molecule has 2 rings (SSSR count). The smallest absolute Gasteiger partial charge is 1.00 e. The monoisotopic (exact) mass is 972 g/mol. The summed E-state index contributed by atoms with van der Waals surface area (Å²) in [5.74, 6) is -3.21. The van der Waals surface area contributed by atoms with E-state index in [2.05, 4.69) is 52.7 Å². The maximum Gasteiger partial charge on any atom is 1.00 e. The minimum Gasteiger partial charge on any atom is -1.00 e. The van der Waals surface area contributed by atoms with Gasteiger partial charge in [-0.2, -0.15) is 0 Å². The Morgan fingerprint density at radius 2 is 1.31 bits per heavy atom. The molecule has 1 N–H and O–H groups in total. The fraction of sp³-hybridized carbons (Fsp3) is 0.316. The summed E-state index contributed by atoms with van der Waals surface area (Å²) in [7, 11) is 0. The molecule has 0 saturated heterocycles. The number of carbonyl (C=O) groups is 1. The molecule has 0 heterocycles. The van der Waals surface area contributed by atoms with Crippen LogP contribution in [0.25, 0.3) is 0 Å². The zero-order valence-electron chi connectivity index (χ0n) is 19.6. The van der Waals surface area contributed by atoms with Crippen molar-refractivity contribution in [3.8, 4) is 11.5 Å². The van der Waals surface area contributed by atoms with Crippen molar-refractivity contribution in [3.63, 3.8) is 0 Å². The van der Waals surface area contributed by atoms with Crippen LogP contribution < -0.4 is 113 Å². The van der Waals surface area contributed by atoms with Gasteiger partial charge in [-0.05, 0) is 70.2 Å². The van der Waals surface area contributed by atoms with Gasteiger partial charge in [0.25, 0.3) is 6.47 Å². The number of ether oxygens (including phenoxy) is 1. The van der Waals surface area contributed by atoms with Crippen molar-refractivity contribution in [3.05, 3.63) is 54.7 Å². The summed E-state index contributed by atoms with van der Waals surface area (Å²) in [4.78, 5) is 11.2. The second kappa shape index (κ2) is 30.3. The third kappa shape index (κ3) is 24.8. The van der Waals surface area contributed by atoms with Gasteiger partial charge in [0, 0.05) is 28.1 Å². The van der Waals surface area contributed by atoms with E-state index in [0.717, 1.165) is 34.5 Å². The summed E-state index contributed by atoms with van der Waals surface area (Å²) in [6, 6.07) is 3.76. The van der Waals surface area contributed by atoms with Gasteiger partial charge in [-0.25, -0.2) is 17.6 Å². The van der Waals surface area contributed by atoms with Crippen LogP contribution in [0.15, 0.2) is 24.3 Å². The molecule has 0 aliphatic carbocycles. The molecule has 0 aliphatic rings. The Morgan fingerprint density at radius 3 is 1.66 bits per heavy atom. The molecule has 0 aliphatic heterocycles. The van der Waals surface area contributed by atoms with E-state index in [0.29, 0.717) is 16.2 Å². The molecule has 190 valence electrons. The third-order valence-electron chi connectivity index (χ3n) is 2.78. The van der Waals surface area contributed by atoms with E-state index in [9.17, 15) is 17.6 Å². The fourth-order valence-electron chi connectivity index (χ4n) is 1.48. The van der Waals surface area contributed by atoms with Crippen LogP contribution in [-0.2, 0) is 9.68 Å². The van der Waals surface area contributed by atoms with E-state index in [1.54, 1.807) is 22.6 Å². The Balaban J connectivity index is -0.000000129. The number of alkyl halides is 3. The standard InChI is InChI=1S/C9H8BrF2IO.C6H3F2IO.C3H6Br2.CH2O3.2K.H/c10-2-1-3-14-9-7(12)4-6(11)5-8(9)13;7-3-1-4(8)6(10)5(9)2-3;4-2-1-3-5;2-1-4-3;;;/h4-5H,1-3H2;1-2,10H;1-3H2;1,3H;;;/q;;;;2*+1;-1/p-1. The number of benzene rings is 2. The SMILES string of the molecule is BrCCCBr.Fc1cc(F)c(OCCCBr)c(I)c1.O=CO[O-].Oc1c(F)cc(F)cc1I.[H-].[K+].[K+]. The van der Waals surface area contributed by atoms with Crippen LogP contribution >= 0.6 is 93.0 Å². The van der Waals surface area contributed by atoms with Gasteiger partial charge in [0.15, 0.2) is 23.1 Å². The number of phenols is 1. The van der Waals surface area contributed by atoms with E-state index in [-0.39, 0.29) is 120 Å². The summed E-state index contributed by atoms with van der Waals surface area (Å²) >= 11 is 13.3. The van der Waals surface area contributed by atoms with Gasteiger partial charge in [-0.1, -0.05) is 47.8 Å². The van der Waals surface area contributed by atoms with Gasteiger partial charge in [0.1, 0.15) is 11.6 Å². The van der Waals surface area contributed by atoms with Crippen LogP contribution in [0, 0.1) is 30.4 Å². The molecule has 0 unspecified atom stereocenters. The Hall–Kier alpha value is 3.36. The summed E-state index contributed by atoms with van der Waals surface area (Å²) < 4.78 is 56.3. The normalized spacial score (nSPS) is 8.74. The summed E-state index contributed by atoms with van der Waals surface area (Å²) in [6.45, 7) is 0.240. The van der Waals surface area contributed by atoms with Crippen molar-refractivity contribution >= 4 is 99.4 Å². The number of carbonyl (C=O) groups excluding carboxylic acids is 1. The van der Waals surface area contributed by atoms with Gasteiger partial charge in [0.2, 0.25) is 0 Å². The molecule has 16 heteroatoms. The van der Waals surface area contributed by atoms with Crippen molar-refractivity contribution in [1.82, 2.24) is 0 Å². The first kappa shape index (κ1) is 45.4. The molecule has 0 spiro atoms. The van der Waals surface area contributed by atoms with Crippen LogP contribution in [0.3, 0.4) is 0 Å². The van der Waals surface area contributed by atoms with E-state index >= 15 is 0 Å². The minimum absolute atomic E-state index is 0. The number of halogens is 9. The number of hydrogen-bond acceptors (Lipinski definition) is 5. The molecule has 2 aromatic rings. The molecule has 0 atom stereocenters. The maximum absolute atomic E-state index is 13.2. The average Bonchev–Trinajstić information content (AvgIpc) is 2.75. The van der Waals surface area contributed by atoms with Crippen molar-refractivity contribution in [2.75, 3.05) is 22.6 Å². The molecule has 5 nitrogen and oxygen atoms in total. The van der Waals surface area contributed by atoms with Gasteiger partial charge >= 0.3 is 103 Å². The van der Waals surface area contributed by atoms with Gasteiger partial charge in [-0.15, -0.1) is 0 Å². The average molecular weight is 975 g/mol. The molecule has 0 amide bonds. The first-order valence-corrected chi connectivity index (χ1v) is 14.1. The molecule has 0 saturated carbocycles. The van der Waals surface area contributed by atoms with E-state index in [4.69, 9.17) is 19.9 Å². The molecule has 0 bridgehead atoms. The Bertz CT molecular complexity index is 793. The molecular formula is C19H19Br3F4I2K2O5. The van der Waals surface area contributed by atoms with Gasteiger partial charge in [-0.3, -0.25) is 4.79 Å². The van der Waals surface area contributed by atoms with Gasteiger partial charge in [0.05, 0.1) is 13.7 Å². The zero-order valence-corrected chi connectivity index (χ0v) is 33.9. The number of phenolic OH excluding ortho intramolecular Hbond substituents is 1. The largest absolute Gasteiger partial charge is 1.00 e. The summed E-state index contributed by atoms with van der Waals surface area (Å²) in [5, 5.41) is 20.2. The molecule has 0 aromatic heterocycles. The zero-order chi connectivity index (χ0) is 25.8. The van der Waals surface area contributed by atoms with Crippen LogP contribution in [0.5, 0.6) is 11.5 Å². The van der Waals surface area contributed by atoms with E-state index < -0.39 is 29.0 Å². The minimum atomic E-state index is -0.926. The molecule has 2 aromatic carbocycles. The van der Waals surface area contributed by atoms with Crippen LogP contribution in [0.1, 0.15) is 14.3 Å². The van der Waals surface area contributed by atoms with Crippen molar-refractivity contribution in [1.29, 1.82) is 0 Å². The molecule has 35 heavy (non-hydrogen) atoms. The second-order valence-corrected chi connectivity index (χ2v) is 9.93. The number of hydrogen-bond donors (Lipinski definition) is 1. The molecule has 0 radical (unpaired) electrons. The maximum atomic E-state index is 13.2. The third-order valence-corrected chi connectivity index (χ3v) is 6.08. The molecular weight excluding hydrogens is 956 g/mol. The Labute approximate surface area is 340 Å². The Kier molecular flexibility index (Phi) is 39.3. The Morgan fingerprint density at radius 1 is 0.886 bits per heavy atom. The van der Waals surface area contributed by atoms with E-state index in [1.165, 1.54) is 12.5 Å². The predicted octanol–water partition coefficient (Wildman–Crippen LogP) is 0.730. The fourth-order valence-corrected chi connectivity index (χ4v) is 4.29. The summed E-state index contributed by atoms with van der Waals surface area (Å²) in [6.07, 6.45) is 2.01. The predicted molar refractivity (Wildman–Crippen MR) is 144 cm³/mol. The van der Waals surface area contributed by atoms with Crippen LogP contribution in [0.4, 0.5) is 17.6 Å². The summed E-state index contributed by atoms with van der Waals surface area (Å²) in [5.41, 5.74) is 0. The number of rotatable bonds is 7. The van der Waals surface area contributed by atoms with Crippen molar-refractivity contribution in [2.45, 2.75) is 12.8 Å². The second-order valence-electron chi connectivity index (χ2n) is 5.23. The topological polar surface area (TPSA) is 78.8 Å². The quantitative estimate of drug-likeness (QED) is 0.0649. The first-order chi connectivity index (χ1) is 15.6. The van der Waals surface area contributed by atoms with Crippen molar-refractivity contribution < 1.29 is 147 Å². The number of aromatic hydroxyl groups is 1.